The number of hydrogen-bond donors (Lipinski definition) is 1. The number of H-pyrrole nitrogens is 1. The van der Waals surface area contributed by atoms with Gasteiger partial charge in [0.1, 0.15) is 0 Å². The molecule has 2 aromatic carbocycles. The molecule has 1 unspecified atom stereocenters. The van der Waals surface area contributed by atoms with Gasteiger partial charge in [0.2, 0.25) is 0 Å². The number of hydrogen-bond acceptors (Lipinski definition) is 1. The molecule has 0 aliphatic carbocycles. The first-order valence-corrected chi connectivity index (χ1v) is 7.48. The fraction of sp³-hybridized carbons (Fsp3) is 0.125. The van der Waals surface area contributed by atoms with E-state index in [4.69, 9.17) is 11.6 Å². The lowest BCUT2D eigenvalue weighted by Gasteiger charge is -2.10. The molecule has 1 heterocycles. The molecule has 0 radical (unpaired) electrons. The predicted octanol–water partition coefficient (Wildman–Crippen LogP) is 5.67. The number of fused-ring (bicyclic) bond motifs is 1. The Morgan fingerprint density at radius 3 is 2.58 bits per heavy atom. The summed E-state index contributed by atoms with van der Waals surface area (Å²) < 4.78 is 0. The van der Waals surface area contributed by atoms with Crippen LogP contribution in [0.1, 0.15) is 17.7 Å². The third kappa shape index (κ3) is 2.65. The normalized spacial score (nSPS) is 12.7. The van der Waals surface area contributed by atoms with Crippen LogP contribution in [-0.2, 0) is 0 Å². The smallest absolute Gasteiger partial charge is 0.0457 e. The number of halogens is 1. The molecule has 1 N–H and O–H groups in total. The Bertz CT molecular complexity index is 687. The molecule has 0 bridgehead atoms. The van der Waals surface area contributed by atoms with Crippen LogP contribution < -0.4 is 0 Å². The van der Waals surface area contributed by atoms with Crippen molar-refractivity contribution >= 4 is 34.3 Å². The molecule has 19 heavy (non-hydrogen) atoms. The zero-order chi connectivity index (χ0) is 13.2. The average Bonchev–Trinajstić information content (AvgIpc) is 2.85. The van der Waals surface area contributed by atoms with Crippen molar-refractivity contribution in [3.05, 3.63) is 65.3 Å². The van der Waals surface area contributed by atoms with Crippen LogP contribution in [0.2, 0.25) is 5.02 Å². The molecule has 0 aliphatic rings. The van der Waals surface area contributed by atoms with Crippen LogP contribution in [0, 0.1) is 0 Å². The van der Waals surface area contributed by atoms with E-state index in [0.29, 0.717) is 5.25 Å². The van der Waals surface area contributed by atoms with Crippen molar-refractivity contribution < 1.29 is 0 Å². The van der Waals surface area contributed by atoms with E-state index in [1.165, 1.54) is 21.4 Å². The molecule has 0 amide bonds. The molecule has 0 saturated carbocycles. The molecule has 3 aromatic rings. The molecule has 0 fully saturated rings. The van der Waals surface area contributed by atoms with E-state index in [9.17, 15) is 0 Å². The molecule has 0 saturated heterocycles. The summed E-state index contributed by atoms with van der Waals surface area (Å²) >= 11 is 7.76. The molecule has 0 aliphatic heterocycles. The number of para-hydroxylation sites is 1. The van der Waals surface area contributed by atoms with Gasteiger partial charge >= 0.3 is 0 Å². The van der Waals surface area contributed by atoms with Gasteiger partial charge in [-0.3, -0.25) is 0 Å². The summed E-state index contributed by atoms with van der Waals surface area (Å²) in [6.45, 7) is 2.23. The third-order valence-corrected chi connectivity index (χ3v) is 4.59. The van der Waals surface area contributed by atoms with Crippen LogP contribution in [0.15, 0.2) is 59.6 Å². The summed E-state index contributed by atoms with van der Waals surface area (Å²) in [4.78, 5) is 4.57. The standard InChI is InChI=1S/C16H14ClNS/c1-11(19-13-8-6-12(17)7-9-13)15-10-18-16-5-3-2-4-14(15)16/h2-11,18H,1H3. The van der Waals surface area contributed by atoms with E-state index in [1.54, 1.807) is 0 Å². The zero-order valence-corrected chi connectivity index (χ0v) is 12.1. The highest BCUT2D eigenvalue weighted by molar-refractivity contribution is 7.99. The van der Waals surface area contributed by atoms with Gasteiger partial charge in [-0.25, -0.2) is 0 Å². The SMILES string of the molecule is CC(Sc1ccc(Cl)cc1)c1c[nH]c2ccccc12. The van der Waals surface area contributed by atoms with E-state index in [2.05, 4.69) is 54.5 Å². The first-order chi connectivity index (χ1) is 9.24. The maximum atomic E-state index is 5.91. The third-order valence-electron chi connectivity index (χ3n) is 3.19. The fourth-order valence-corrected chi connectivity index (χ4v) is 3.36. The first kappa shape index (κ1) is 12.6. The first-order valence-electron chi connectivity index (χ1n) is 6.22. The Hall–Kier alpha value is -1.38. The lowest BCUT2D eigenvalue weighted by molar-refractivity contribution is 1.11. The summed E-state index contributed by atoms with van der Waals surface area (Å²) in [5.74, 6) is 0. The number of aromatic amines is 1. The maximum Gasteiger partial charge on any atom is 0.0457 e. The topological polar surface area (TPSA) is 15.8 Å². The van der Waals surface area contributed by atoms with Gasteiger partial charge < -0.3 is 4.98 Å². The van der Waals surface area contributed by atoms with Crippen LogP contribution in [0.5, 0.6) is 0 Å². The molecule has 1 atom stereocenters. The Morgan fingerprint density at radius 2 is 1.79 bits per heavy atom. The van der Waals surface area contributed by atoms with Gasteiger partial charge in [-0.2, -0.15) is 0 Å². The van der Waals surface area contributed by atoms with Crippen molar-refractivity contribution in [3.63, 3.8) is 0 Å². The Morgan fingerprint density at radius 1 is 1.05 bits per heavy atom. The predicted molar refractivity (Wildman–Crippen MR) is 84.0 cm³/mol. The molecule has 1 aromatic heterocycles. The lowest BCUT2D eigenvalue weighted by Crippen LogP contribution is -1.86. The highest BCUT2D eigenvalue weighted by Crippen LogP contribution is 2.38. The molecule has 1 nitrogen and oxygen atoms in total. The summed E-state index contributed by atoms with van der Waals surface area (Å²) in [5, 5.41) is 2.48. The summed E-state index contributed by atoms with van der Waals surface area (Å²) in [6.07, 6.45) is 2.11. The van der Waals surface area contributed by atoms with E-state index < -0.39 is 0 Å². The molecule has 3 heteroatoms. The zero-order valence-electron chi connectivity index (χ0n) is 10.6. The summed E-state index contributed by atoms with van der Waals surface area (Å²) in [7, 11) is 0. The minimum Gasteiger partial charge on any atom is -0.361 e. The van der Waals surface area contributed by atoms with Gasteiger partial charge in [0.05, 0.1) is 0 Å². The summed E-state index contributed by atoms with van der Waals surface area (Å²) in [6, 6.07) is 16.4. The van der Waals surface area contributed by atoms with Crippen LogP contribution in [-0.4, -0.2) is 4.98 Å². The van der Waals surface area contributed by atoms with Gasteiger partial charge in [0.25, 0.3) is 0 Å². The second-order valence-electron chi connectivity index (χ2n) is 4.50. The van der Waals surface area contributed by atoms with E-state index in [1.807, 2.05) is 23.9 Å². The van der Waals surface area contributed by atoms with Crippen molar-refractivity contribution in [3.8, 4) is 0 Å². The minimum absolute atomic E-state index is 0.400. The van der Waals surface area contributed by atoms with Crippen molar-refractivity contribution in [1.82, 2.24) is 4.98 Å². The highest BCUT2D eigenvalue weighted by Gasteiger charge is 2.12. The Balaban J connectivity index is 1.87. The number of aromatic nitrogens is 1. The van der Waals surface area contributed by atoms with Crippen LogP contribution in [0.4, 0.5) is 0 Å². The van der Waals surface area contributed by atoms with Crippen molar-refractivity contribution in [1.29, 1.82) is 0 Å². The number of thioether (sulfide) groups is 1. The molecule has 96 valence electrons. The van der Waals surface area contributed by atoms with E-state index in [0.717, 1.165) is 5.02 Å². The van der Waals surface area contributed by atoms with Crippen LogP contribution >= 0.6 is 23.4 Å². The van der Waals surface area contributed by atoms with Gasteiger partial charge in [-0.1, -0.05) is 29.8 Å². The van der Waals surface area contributed by atoms with Crippen LogP contribution in [0.3, 0.4) is 0 Å². The van der Waals surface area contributed by atoms with Crippen molar-refractivity contribution in [2.24, 2.45) is 0 Å². The minimum atomic E-state index is 0.400. The van der Waals surface area contributed by atoms with Gasteiger partial charge in [-0.05, 0) is 42.8 Å². The van der Waals surface area contributed by atoms with E-state index in [-0.39, 0.29) is 0 Å². The molecular formula is C16H14ClNS. The van der Waals surface area contributed by atoms with Gasteiger partial charge in [-0.15, -0.1) is 11.8 Å². The molecule has 0 spiro atoms. The quantitative estimate of drug-likeness (QED) is 0.613. The molecular weight excluding hydrogens is 274 g/mol. The largest absolute Gasteiger partial charge is 0.361 e. The lowest BCUT2D eigenvalue weighted by atomic mass is 10.1. The maximum absolute atomic E-state index is 5.91. The Labute approximate surface area is 122 Å². The van der Waals surface area contributed by atoms with Crippen LogP contribution in [0.25, 0.3) is 10.9 Å². The monoisotopic (exact) mass is 287 g/mol. The second kappa shape index (κ2) is 5.32. The second-order valence-corrected chi connectivity index (χ2v) is 6.35. The van der Waals surface area contributed by atoms with Crippen molar-refractivity contribution in [2.45, 2.75) is 17.1 Å². The highest BCUT2D eigenvalue weighted by atomic mass is 35.5. The van der Waals surface area contributed by atoms with Gasteiger partial charge in [0.15, 0.2) is 0 Å². The van der Waals surface area contributed by atoms with Gasteiger partial charge in [0, 0.05) is 32.3 Å². The Kier molecular flexibility index (Phi) is 3.54. The van der Waals surface area contributed by atoms with E-state index >= 15 is 0 Å². The number of nitrogens with one attached hydrogen (secondary N) is 1. The summed E-state index contributed by atoms with van der Waals surface area (Å²) in [5.41, 5.74) is 2.54. The fourth-order valence-electron chi connectivity index (χ4n) is 2.21. The average molecular weight is 288 g/mol. The number of rotatable bonds is 3. The molecule has 3 rings (SSSR count). The van der Waals surface area contributed by atoms with Crippen molar-refractivity contribution in [2.75, 3.05) is 0 Å². The number of benzene rings is 2.